The number of rotatable bonds is 4. The zero-order chi connectivity index (χ0) is 22.1. The molecule has 0 fully saturated rings. The van der Waals surface area contributed by atoms with Crippen molar-refractivity contribution in [3.8, 4) is 11.4 Å². The lowest BCUT2D eigenvalue weighted by Gasteiger charge is -2.12. The lowest BCUT2D eigenvalue weighted by Crippen LogP contribution is -2.21. The normalized spacial score (nSPS) is 10.9. The SMILES string of the molecule is O=C(O)C(=O)Nc1cccc(-c2nc(Nc3ccc4[nH]ncc4c3)c3ccccc3n2)c1. The highest BCUT2D eigenvalue weighted by Crippen LogP contribution is 2.29. The van der Waals surface area contributed by atoms with Gasteiger partial charge in [0.15, 0.2) is 5.82 Å². The predicted molar refractivity (Wildman–Crippen MR) is 121 cm³/mol. The van der Waals surface area contributed by atoms with Crippen molar-refractivity contribution in [3.63, 3.8) is 0 Å². The number of hydrogen-bond acceptors (Lipinski definition) is 6. The number of carbonyl (C=O) groups excluding carboxylic acids is 1. The summed E-state index contributed by atoms with van der Waals surface area (Å²) < 4.78 is 0. The Morgan fingerprint density at radius 3 is 2.66 bits per heavy atom. The van der Waals surface area contributed by atoms with Crippen molar-refractivity contribution in [1.29, 1.82) is 0 Å². The first-order valence-electron chi connectivity index (χ1n) is 9.68. The molecule has 0 bridgehead atoms. The van der Waals surface area contributed by atoms with Crippen LogP contribution in [0.4, 0.5) is 17.2 Å². The summed E-state index contributed by atoms with van der Waals surface area (Å²) in [6.07, 6.45) is 1.75. The topological polar surface area (TPSA) is 133 Å². The lowest BCUT2D eigenvalue weighted by molar-refractivity contribution is -0.147. The Morgan fingerprint density at radius 1 is 0.906 bits per heavy atom. The molecule has 156 valence electrons. The van der Waals surface area contributed by atoms with E-state index in [-0.39, 0.29) is 0 Å². The molecule has 5 rings (SSSR count). The largest absolute Gasteiger partial charge is 0.474 e. The molecule has 5 aromatic rings. The minimum absolute atomic E-state index is 0.339. The molecule has 1 amide bonds. The van der Waals surface area contributed by atoms with Gasteiger partial charge < -0.3 is 15.7 Å². The molecular weight excluding hydrogens is 408 g/mol. The molecule has 4 N–H and O–H groups in total. The molecule has 0 aliphatic rings. The highest BCUT2D eigenvalue weighted by Gasteiger charge is 2.14. The number of aliphatic carboxylic acids is 1. The fourth-order valence-corrected chi connectivity index (χ4v) is 3.38. The summed E-state index contributed by atoms with van der Waals surface area (Å²) in [5.74, 6) is -1.62. The van der Waals surface area contributed by atoms with E-state index in [1.165, 1.54) is 0 Å². The van der Waals surface area contributed by atoms with Crippen LogP contribution in [0.3, 0.4) is 0 Å². The van der Waals surface area contributed by atoms with Gasteiger partial charge in [0.1, 0.15) is 5.82 Å². The summed E-state index contributed by atoms with van der Waals surface area (Å²) in [6.45, 7) is 0. The zero-order valence-electron chi connectivity index (χ0n) is 16.5. The third-order valence-electron chi connectivity index (χ3n) is 4.88. The van der Waals surface area contributed by atoms with Crippen LogP contribution in [0.1, 0.15) is 0 Å². The van der Waals surface area contributed by atoms with Crippen molar-refractivity contribution in [2.24, 2.45) is 0 Å². The monoisotopic (exact) mass is 424 g/mol. The van der Waals surface area contributed by atoms with E-state index in [0.717, 1.165) is 27.5 Å². The van der Waals surface area contributed by atoms with Gasteiger partial charge in [-0.1, -0.05) is 24.3 Å². The Balaban J connectivity index is 1.56. The molecule has 0 saturated carbocycles. The van der Waals surface area contributed by atoms with Gasteiger partial charge in [0.05, 0.1) is 17.2 Å². The van der Waals surface area contributed by atoms with Gasteiger partial charge in [-0.15, -0.1) is 0 Å². The molecular formula is C23H16N6O3. The number of anilines is 3. The molecule has 0 atom stereocenters. The summed E-state index contributed by atoms with van der Waals surface area (Å²) >= 11 is 0. The Hall–Kier alpha value is -4.79. The number of carboxylic acid groups (broad SMARTS) is 1. The number of fused-ring (bicyclic) bond motifs is 2. The van der Waals surface area contributed by atoms with Gasteiger partial charge in [-0.25, -0.2) is 14.8 Å². The van der Waals surface area contributed by atoms with E-state index < -0.39 is 11.9 Å². The van der Waals surface area contributed by atoms with Gasteiger partial charge in [0, 0.05) is 27.7 Å². The van der Waals surface area contributed by atoms with Gasteiger partial charge >= 0.3 is 11.9 Å². The van der Waals surface area contributed by atoms with Gasteiger partial charge in [-0.05, 0) is 42.5 Å². The van der Waals surface area contributed by atoms with Crippen LogP contribution in [0.15, 0.2) is 72.9 Å². The minimum Gasteiger partial charge on any atom is -0.474 e. The third-order valence-corrected chi connectivity index (χ3v) is 4.88. The number of amides is 1. The molecule has 32 heavy (non-hydrogen) atoms. The molecule has 0 aliphatic heterocycles. The third kappa shape index (κ3) is 3.70. The number of carboxylic acids is 1. The highest BCUT2D eigenvalue weighted by atomic mass is 16.4. The number of H-pyrrole nitrogens is 1. The first-order chi connectivity index (χ1) is 15.6. The zero-order valence-corrected chi connectivity index (χ0v) is 16.5. The van der Waals surface area contributed by atoms with Crippen LogP contribution in [-0.4, -0.2) is 37.1 Å². The van der Waals surface area contributed by atoms with Crippen LogP contribution in [0, 0.1) is 0 Å². The van der Waals surface area contributed by atoms with E-state index in [2.05, 4.69) is 25.8 Å². The summed E-state index contributed by atoms with van der Waals surface area (Å²) in [6, 6.07) is 20.2. The summed E-state index contributed by atoms with van der Waals surface area (Å²) in [7, 11) is 0. The summed E-state index contributed by atoms with van der Waals surface area (Å²) in [4.78, 5) is 31.7. The number of hydrogen-bond donors (Lipinski definition) is 4. The minimum atomic E-state index is -1.56. The molecule has 9 heteroatoms. The van der Waals surface area contributed by atoms with E-state index in [4.69, 9.17) is 10.1 Å². The number of nitrogens with one attached hydrogen (secondary N) is 3. The second-order valence-corrected chi connectivity index (χ2v) is 7.05. The number of benzene rings is 3. The number of para-hydroxylation sites is 1. The maximum atomic E-state index is 11.5. The van der Waals surface area contributed by atoms with Crippen molar-refractivity contribution in [2.75, 3.05) is 10.6 Å². The molecule has 0 spiro atoms. The number of aromatic nitrogens is 4. The summed E-state index contributed by atoms with van der Waals surface area (Å²) in [5, 5.41) is 23.3. The first kappa shape index (κ1) is 19.2. The fourth-order valence-electron chi connectivity index (χ4n) is 3.38. The first-order valence-corrected chi connectivity index (χ1v) is 9.68. The van der Waals surface area contributed by atoms with Crippen LogP contribution in [0.25, 0.3) is 33.2 Å². The summed E-state index contributed by atoms with van der Waals surface area (Å²) in [5.41, 5.74) is 3.49. The molecule has 2 aromatic heterocycles. The van der Waals surface area contributed by atoms with Gasteiger partial charge in [0.25, 0.3) is 0 Å². The second kappa shape index (κ2) is 7.80. The Kier molecular flexibility index (Phi) is 4.68. The van der Waals surface area contributed by atoms with E-state index in [9.17, 15) is 9.59 Å². The van der Waals surface area contributed by atoms with Crippen molar-refractivity contribution < 1.29 is 14.7 Å². The Morgan fingerprint density at radius 2 is 1.78 bits per heavy atom. The number of aromatic amines is 1. The standard InChI is InChI=1S/C23H16N6O3/c30-22(23(31)32)26-15-5-3-4-13(10-15)20-27-19-7-2-1-6-17(19)21(28-20)25-16-8-9-18-14(11-16)12-24-29-18/h1-12H,(H,24,29)(H,26,30)(H,31,32)(H,25,27,28). The highest BCUT2D eigenvalue weighted by molar-refractivity contribution is 6.36. The van der Waals surface area contributed by atoms with Gasteiger partial charge in [0.2, 0.25) is 0 Å². The van der Waals surface area contributed by atoms with Crippen LogP contribution in [0.5, 0.6) is 0 Å². The van der Waals surface area contributed by atoms with Crippen molar-refractivity contribution in [3.05, 3.63) is 72.9 Å². The van der Waals surface area contributed by atoms with Crippen LogP contribution >= 0.6 is 0 Å². The molecule has 0 unspecified atom stereocenters. The molecule has 3 aromatic carbocycles. The van der Waals surface area contributed by atoms with Gasteiger partial charge in [-0.2, -0.15) is 5.10 Å². The predicted octanol–water partition coefficient (Wildman–Crippen LogP) is 3.94. The van der Waals surface area contributed by atoms with E-state index in [1.54, 1.807) is 30.5 Å². The Bertz CT molecular complexity index is 1490. The number of nitrogens with zero attached hydrogens (tertiary/aromatic N) is 3. The Labute approximate surface area is 181 Å². The smallest absolute Gasteiger partial charge is 0.394 e. The quantitative estimate of drug-likeness (QED) is 0.321. The second-order valence-electron chi connectivity index (χ2n) is 7.05. The average Bonchev–Trinajstić information content (AvgIpc) is 3.27. The van der Waals surface area contributed by atoms with Crippen LogP contribution < -0.4 is 10.6 Å². The maximum Gasteiger partial charge on any atom is 0.394 e. The van der Waals surface area contributed by atoms with E-state index in [0.29, 0.717) is 22.9 Å². The van der Waals surface area contributed by atoms with Crippen molar-refractivity contribution >= 4 is 50.9 Å². The van der Waals surface area contributed by atoms with E-state index >= 15 is 0 Å². The molecule has 9 nitrogen and oxygen atoms in total. The van der Waals surface area contributed by atoms with Crippen molar-refractivity contribution in [2.45, 2.75) is 0 Å². The van der Waals surface area contributed by atoms with Crippen LogP contribution in [-0.2, 0) is 9.59 Å². The molecule has 0 saturated heterocycles. The van der Waals surface area contributed by atoms with Crippen molar-refractivity contribution in [1.82, 2.24) is 20.2 Å². The fraction of sp³-hybridized carbons (Fsp3) is 0. The molecule has 0 aliphatic carbocycles. The van der Waals surface area contributed by atoms with Crippen LogP contribution in [0.2, 0.25) is 0 Å². The molecule has 2 heterocycles. The molecule has 0 radical (unpaired) electrons. The lowest BCUT2D eigenvalue weighted by atomic mass is 10.1. The average molecular weight is 424 g/mol. The number of carbonyl (C=O) groups is 2. The van der Waals surface area contributed by atoms with E-state index in [1.807, 2.05) is 42.5 Å². The van der Waals surface area contributed by atoms with Gasteiger partial charge in [-0.3, -0.25) is 9.89 Å². The maximum absolute atomic E-state index is 11.5.